The molecule has 1 fully saturated rings. The maximum absolute atomic E-state index is 11.9. The number of hydrogen-bond acceptors (Lipinski definition) is 3. The van der Waals surface area contributed by atoms with E-state index in [-0.39, 0.29) is 5.91 Å². The summed E-state index contributed by atoms with van der Waals surface area (Å²) in [7, 11) is 1.67. The lowest BCUT2D eigenvalue weighted by atomic mass is 10.0. The van der Waals surface area contributed by atoms with Crippen molar-refractivity contribution in [1.82, 2.24) is 9.88 Å². The monoisotopic (exact) mass is 292 g/mol. The molecule has 4 nitrogen and oxygen atoms in total. The standard InChI is InChI=1S/C18H16N2O2/c1-20-12-10-18(22,17(20)21)9-8-14-5-4-6-15(13-14)16-7-2-3-11-19-16/h2-7,11,13,22H,10,12H2,1H3. The predicted octanol–water partition coefficient (Wildman–Crippen LogP) is 1.69. The van der Waals surface area contributed by atoms with E-state index in [1.807, 2.05) is 42.5 Å². The van der Waals surface area contributed by atoms with Gasteiger partial charge in [0.05, 0.1) is 5.69 Å². The van der Waals surface area contributed by atoms with E-state index in [2.05, 4.69) is 16.8 Å². The largest absolute Gasteiger partial charge is 0.369 e. The molecular weight excluding hydrogens is 276 g/mol. The summed E-state index contributed by atoms with van der Waals surface area (Å²) in [5.74, 6) is 5.31. The molecule has 4 heteroatoms. The number of likely N-dealkylation sites (tertiary alicyclic amines) is 1. The molecule has 22 heavy (non-hydrogen) atoms. The third-order valence-corrected chi connectivity index (χ3v) is 3.75. The number of amides is 1. The molecule has 1 aliphatic rings. The van der Waals surface area contributed by atoms with Gasteiger partial charge in [0.2, 0.25) is 5.60 Å². The molecule has 1 aromatic heterocycles. The maximum atomic E-state index is 11.9. The summed E-state index contributed by atoms with van der Waals surface area (Å²) in [6.45, 7) is 0.526. The number of benzene rings is 1. The number of hydrogen-bond donors (Lipinski definition) is 1. The molecule has 1 saturated heterocycles. The van der Waals surface area contributed by atoms with Gasteiger partial charge >= 0.3 is 0 Å². The number of aliphatic hydroxyl groups is 1. The van der Waals surface area contributed by atoms with Crippen LogP contribution in [0.3, 0.4) is 0 Å². The van der Waals surface area contributed by atoms with Crippen molar-refractivity contribution in [2.24, 2.45) is 0 Å². The molecule has 1 aliphatic heterocycles. The van der Waals surface area contributed by atoms with Crippen molar-refractivity contribution in [3.63, 3.8) is 0 Å². The Balaban J connectivity index is 1.89. The van der Waals surface area contributed by atoms with E-state index in [4.69, 9.17) is 0 Å². The highest BCUT2D eigenvalue weighted by atomic mass is 16.3. The fourth-order valence-electron chi connectivity index (χ4n) is 2.44. The van der Waals surface area contributed by atoms with Crippen LogP contribution in [0.15, 0.2) is 48.7 Å². The number of nitrogens with zero attached hydrogens (tertiary/aromatic N) is 2. The van der Waals surface area contributed by atoms with Gasteiger partial charge in [-0.25, -0.2) is 0 Å². The summed E-state index contributed by atoms with van der Waals surface area (Å²) in [6, 6.07) is 13.3. The molecule has 3 rings (SSSR count). The molecule has 0 aliphatic carbocycles. The lowest BCUT2D eigenvalue weighted by Gasteiger charge is -2.13. The summed E-state index contributed by atoms with van der Waals surface area (Å²) in [4.78, 5) is 17.7. The van der Waals surface area contributed by atoms with Crippen LogP contribution in [-0.2, 0) is 4.79 Å². The van der Waals surface area contributed by atoms with Crippen molar-refractivity contribution in [3.8, 4) is 23.1 Å². The molecule has 1 unspecified atom stereocenters. The molecule has 1 aromatic carbocycles. The van der Waals surface area contributed by atoms with Crippen LogP contribution in [0.2, 0.25) is 0 Å². The minimum atomic E-state index is -1.56. The van der Waals surface area contributed by atoms with Crippen LogP contribution in [0.25, 0.3) is 11.3 Å². The summed E-state index contributed by atoms with van der Waals surface area (Å²) in [6.07, 6.45) is 2.08. The molecule has 1 atom stereocenters. The Kier molecular flexibility index (Phi) is 3.66. The number of pyridine rings is 1. The van der Waals surface area contributed by atoms with E-state index in [1.165, 1.54) is 4.90 Å². The molecule has 2 aromatic rings. The van der Waals surface area contributed by atoms with Crippen molar-refractivity contribution in [2.45, 2.75) is 12.0 Å². The molecule has 0 spiro atoms. The van der Waals surface area contributed by atoms with Crippen LogP contribution >= 0.6 is 0 Å². The Morgan fingerprint density at radius 1 is 1.27 bits per heavy atom. The molecule has 1 amide bonds. The zero-order valence-electron chi connectivity index (χ0n) is 12.3. The lowest BCUT2D eigenvalue weighted by molar-refractivity contribution is -0.137. The molecule has 2 heterocycles. The second kappa shape index (κ2) is 5.63. The Hall–Kier alpha value is -2.64. The fraction of sp³-hybridized carbons (Fsp3) is 0.222. The topological polar surface area (TPSA) is 53.4 Å². The molecule has 0 bridgehead atoms. The molecule has 110 valence electrons. The molecule has 1 N–H and O–H groups in total. The Morgan fingerprint density at radius 2 is 2.14 bits per heavy atom. The highest BCUT2D eigenvalue weighted by Gasteiger charge is 2.42. The number of likely N-dealkylation sites (N-methyl/N-ethyl adjacent to an activating group) is 1. The highest BCUT2D eigenvalue weighted by Crippen LogP contribution is 2.21. The van der Waals surface area contributed by atoms with Gasteiger partial charge in [-0.15, -0.1) is 0 Å². The predicted molar refractivity (Wildman–Crippen MR) is 83.8 cm³/mol. The number of rotatable bonds is 1. The minimum absolute atomic E-state index is 0.333. The van der Waals surface area contributed by atoms with Crippen LogP contribution in [0, 0.1) is 11.8 Å². The van der Waals surface area contributed by atoms with Crippen molar-refractivity contribution in [3.05, 3.63) is 54.2 Å². The van der Waals surface area contributed by atoms with Crippen LogP contribution in [0.4, 0.5) is 0 Å². The van der Waals surface area contributed by atoms with Crippen molar-refractivity contribution in [1.29, 1.82) is 0 Å². The van der Waals surface area contributed by atoms with Gasteiger partial charge in [-0.3, -0.25) is 9.78 Å². The van der Waals surface area contributed by atoms with Gasteiger partial charge in [0, 0.05) is 37.3 Å². The van der Waals surface area contributed by atoms with Gasteiger partial charge in [-0.1, -0.05) is 30.0 Å². The lowest BCUT2D eigenvalue weighted by Crippen LogP contribution is -2.37. The van der Waals surface area contributed by atoms with Crippen LogP contribution < -0.4 is 0 Å². The number of carbonyl (C=O) groups excluding carboxylic acids is 1. The van der Waals surface area contributed by atoms with E-state index in [1.54, 1.807) is 13.2 Å². The Labute approximate surface area is 129 Å². The first-order valence-electron chi connectivity index (χ1n) is 7.11. The minimum Gasteiger partial charge on any atom is -0.369 e. The van der Waals surface area contributed by atoms with Crippen LogP contribution in [-0.4, -0.2) is 40.1 Å². The van der Waals surface area contributed by atoms with Crippen molar-refractivity contribution >= 4 is 5.91 Å². The van der Waals surface area contributed by atoms with Gasteiger partial charge in [-0.05, 0) is 24.3 Å². The van der Waals surface area contributed by atoms with Crippen LogP contribution in [0.1, 0.15) is 12.0 Å². The average Bonchev–Trinajstić information content (AvgIpc) is 2.82. The number of aromatic nitrogens is 1. The first-order chi connectivity index (χ1) is 10.6. The first kappa shape index (κ1) is 14.3. The van der Waals surface area contributed by atoms with Crippen molar-refractivity contribution < 1.29 is 9.90 Å². The quantitative estimate of drug-likeness (QED) is 0.814. The number of carbonyl (C=O) groups is 1. The first-order valence-corrected chi connectivity index (χ1v) is 7.11. The summed E-state index contributed by atoms with van der Waals surface area (Å²) >= 11 is 0. The summed E-state index contributed by atoms with van der Waals surface area (Å²) < 4.78 is 0. The van der Waals surface area contributed by atoms with E-state index in [0.717, 1.165) is 16.8 Å². The molecule has 0 saturated carbocycles. The van der Waals surface area contributed by atoms with E-state index in [0.29, 0.717) is 13.0 Å². The Bertz CT molecular complexity index is 761. The second-order valence-corrected chi connectivity index (χ2v) is 5.38. The van der Waals surface area contributed by atoms with E-state index < -0.39 is 5.60 Å². The average molecular weight is 292 g/mol. The summed E-state index contributed by atoms with van der Waals surface area (Å²) in [5.41, 5.74) is 1.00. The maximum Gasteiger partial charge on any atom is 0.267 e. The van der Waals surface area contributed by atoms with Gasteiger partial charge < -0.3 is 10.0 Å². The third-order valence-electron chi connectivity index (χ3n) is 3.75. The molecule has 0 radical (unpaired) electrons. The van der Waals surface area contributed by atoms with Crippen LogP contribution in [0.5, 0.6) is 0 Å². The summed E-state index contributed by atoms with van der Waals surface area (Å²) in [5, 5.41) is 10.3. The van der Waals surface area contributed by atoms with Gasteiger partial charge in [0.25, 0.3) is 5.91 Å². The van der Waals surface area contributed by atoms with E-state index >= 15 is 0 Å². The van der Waals surface area contributed by atoms with E-state index in [9.17, 15) is 9.90 Å². The van der Waals surface area contributed by atoms with Gasteiger partial charge in [-0.2, -0.15) is 0 Å². The smallest absolute Gasteiger partial charge is 0.267 e. The fourth-order valence-corrected chi connectivity index (χ4v) is 2.44. The molecular formula is C18H16N2O2. The Morgan fingerprint density at radius 3 is 2.82 bits per heavy atom. The van der Waals surface area contributed by atoms with Gasteiger partial charge in [0.15, 0.2) is 0 Å². The normalized spacial score (nSPS) is 20.6. The zero-order chi connectivity index (χ0) is 15.6. The van der Waals surface area contributed by atoms with Gasteiger partial charge in [0.1, 0.15) is 0 Å². The second-order valence-electron chi connectivity index (χ2n) is 5.38. The third kappa shape index (κ3) is 2.72. The SMILES string of the molecule is CN1CCC(O)(C#Cc2cccc(-c3ccccn3)c2)C1=O. The highest BCUT2D eigenvalue weighted by molar-refractivity contribution is 5.90. The van der Waals surface area contributed by atoms with Crippen molar-refractivity contribution in [2.75, 3.05) is 13.6 Å². The zero-order valence-corrected chi connectivity index (χ0v) is 12.3.